The highest BCUT2D eigenvalue weighted by atomic mass is 32.2. The molecule has 138 valence electrons. The smallest absolute Gasteiger partial charge is 0.251 e. The summed E-state index contributed by atoms with van der Waals surface area (Å²) in [7, 11) is -3.58. The Balaban J connectivity index is 2.03. The molecule has 2 heterocycles. The monoisotopic (exact) mass is 365 g/mol. The third kappa shape index (κ3) is 3.82. The molecule has 2 aliphatic heterocycles. The van der Waals surface area contributed by atoms with Crippen molar-refractivity contribution in [2.75, 3.05) is 31.1 Å². The molecule has 0 aromatic heterocycles. The van der Waals surface area contributed by atoms with Crippen molar-refractivity contribution in [2.24, 2.45) is 0 Å². The van der Waals surface area contributed by atoms with Gasteiger partial charge >= 0.3 is 0 Å². The first-order valence-corrected chi connectivity index (χ1v) is 10.5. The van der Waals surface area contributed by atoms with Gasteiger partial charge in [0.1, 0.15) is 4.90 Å². The van der Waals surface area contributed by atoms with Crippen molar-refractivity contribution in [1.82, 2.24) is 9.62 Å². The summed E-state index contributed by atoms with van der Waals surface area (Å²) in [6, 6.07) is 5.08. The van der Waals surface area contributed by atoms with Crippen LogP contribution in [0.4, 0.5) is 5.69 Å². The minimum atomic E-state index is -3.58. The summed E-state index contributed by atoms with van der Waals surface area (Å²) in [4.78, 5) is 14.7. The fraction of sp³-hybridized carbons (Fsp3) is 0.611. The van der Waals surface area contributed by atoms with Gasteiger partial charge in [-0.25, -0.2) is 8.42 Å². The van der Waals surface area contributed by atoms with Gasteiger partial charge in [-0.3, -0.25) is 4.79 Å². The second-order valence-electron chi connectivity index (χ2n) is 7.12. The number of carbonyl (C=O) groups excluding carboxylic acids is 1. The number of anilines is 1. The SMILES string of the molecule is CC(C)NC(=O)c1ccc(N2CCCC2)c(S(=O)(=O)N2CCCC2)c1. The summed E-state index contributed by atoms with van der Waals surface area (Å²) < 4.78 is 27.9. The van der Waals surface area contributed by atoms with E-state index < -0.39 is 10.0 Å². The third-order valence-electron chi connectivity index (χ3n) is 4.77. The Kier molecular flexibility index (Phi) is 5.34. The van der Waals surface area contributed by atoms with Gasteiger partial charge in [0.15, 0.2) is 0 Å². The van der Waals surface area contributed by atoms with Crippen LogP contribution < -0.4 is 10.2 Å². The quantitative estimate of drug-likeness (QED) is 0.869. The molecule has 0 atom stereocenters. The first-order chi connectivity index (χ1) is 11.9. The predicted molar refractivity (Wildman–Crippen MR) is 98.5 cm³/mol. The van der Waals surface area contributed by atoms with Crippen LogP contribution in [-0.2, 0) is 10.0 Å². The van der Waals surface area contributed by atoms with Crippen molar-refractivity contribution in [3.05, 3.63) is 23.8 Å². The Labute approximate surface area is 150 Å². The Hall–Kier alpha value is -1.60. The number of rotatable bonds is 5. The van der Waals surface area contributed by atoms with E-state index in [4.69, 9.17) is 0 Å². The highest BCUT2D eigenvalue weighted by Gasteiger charge is 2.32. The van der Waals surface area contributed by atoms with Crippen LogP contribution in [0.3, 0.4) is 0 Å². The third-order valence-corrected chi connectivity index (χ3v) is 6.70. The predicted octanol–water partition coefficient (Wildman–Crippen LogP) is 2.21. The number of carbonyl (C=O) groups is 1. The van der Waals surface area contributed by atoms with Crippen LogP contribution in [0.5, 0.6) is 0 Å². The zero-order chi connectivity index (χ0) is 18.0. The van der Waals surface area contributed by atoms with Gasteiger partial charge in [0, 0.05) is 37.8 Å². The van der Waals surface area contributed by atoms with Crippen LogP contribution in [0, 0.1) is 0 Å². The fourth-order valence-electron chi connectivity index (χ4n) is 3.49. The number of nitrogens with zero attached hydrogens (tertiary/aromatic N) is 2. The molecule has 0 radical (unpaired) electrons. The number of hydrogen-bond acceptors (Lipinski definition) is 4. The van der Waals surface area contributed by atoms with E-state index in [1.54, 1.807) is 22.5 Å². The molecule has 1 aromatic rings. The molecule has 0 aliphatic carbocycles. The van der Waals surface area contributed by atoms with E-state index in [2.05, 4.69) is 10.2 Å². The lowest BCUT2D eigenvalue weighted by atomic mass is 10.1. The lowest BCUT2D eigenvalue weighted by Crippen LogP contribution is -2.32. The van der Waals surface area contributed by atoms with Gasteiger partial charge < -0.3 is 10.2 Å². The van der Waals surface area contributed by atoms with Gasteiger partial charge in [-0.05, 0) is 57.7 Å². The van der Waals surface area contributed by atoms with Crippen LogP contribution in [0.15, 0.2) is 23.1 Å². The molecule has 0 spiro atoms. The Morgan fingerprint density at radius 3 is 2.24 bits per heavy atom. The van der Waals surface area contributed by atoms with Gasteiger partial charge in [0.25, 0.3) is 5.91 Å². The molecule has 0 bridgehead atoms. The van der Waals surface area contributed by atoms with E-state index in [-0.39, 0.29) is 16.8 Å². The first-order valence-electron chi connectivity index (χ1n) is 9.09. The van der Waals surface area contributed by atoms with E-state index in [0.29, 0.717) is 18.7 Å². The molecule has 0 saturated carbocycles. The molecule has 3 rings (SSSR count). The highest BCUT2D eigenvalue weighted by molar-refractivity contribution is 7.89. The summed E-state index contributed by atoms with van der Waals surface area (Å²) in [5.74, 6) is -0.235. The average Bonchev–Trinajstić information content (AvgIpc) is 3.27. The normalized spacial score (nSPS) is 18.9. The number of hydrogen-bond donors (Lipinski definition) is 1. The van der Waals surface area contributed by atoms with Gasteiger partial charge in [-0.15, -0.1) is 0 Å². The second-order valence-corrected chi connectivity index (χ2v) is 9.02. The minimum absolute atomic E-state index is 0.00407. The standard InChI is InChI=1S/C18H27N3O3S/c1-14(2)19-18(22)15-7-8-16(20-9-3-4-10-20)17(13-15)25(23,24)21-11-5-6-12-21/h7-8,13-14H,3-6,9-12H2,1-2H3,(H,19,22). The van der Waals surface area contributed by atoms with Crippen molar-refractivity contribution in [1.29, 1.82) is 0 Å². The molecule has 1 aromatic carbocycles. The van der Waals surface area contributed by atoms with Crippen molar-refractivity contribution in [2.45, 2.75) is 50.5 Å². The zero-order valence-electron chi connectivity index (χ0n) is 15.0. The van der Waals surface area contributed by atoms with Crippen LogP contribution in [0.2, 0.25) is 0 Å². The Bertz CT molecular complexity index is 734. The number of sulfonamides is 1. The Morgan fingerprint density at radius 2 is 1.64 bits per heavy atom. The maximum absolute atomic E-state index is 13.2. The van der Waals surface area contributed by atoms with Crippen molar-refractivity contribution in [3.8, 4) is 0 Å². The number of benzene rings is 1. The van der Waals surface area contributed by atoms with E-state index in [9.17, 15) is 13.2 Å². The number of nitrogens with one attached hydrogen (secondary N) is 1. The van der Waals surface area contributed by atoms with Crippen molar-refractivity contribution >= 4 is 21.6 Å². The fourth-order valence-corrected chi connectivity index (χ4v) is 5.25. The van der Waals surface area contributed by atoms with Gasteiger partial charge in [0.2, 0.25) is 10.0 Å². The average molecular weight is 365 g/mol. The second kappa shape index (κ2) is 7.33. The minimum Gasteiger partial charge on any atom is -0.370 e. The van der Waals surface area contributed by atoms with Crippen LogP contribution in [0.25, 0.3) is 0 Å². The molecule has 6 nitrogen and oxygen atoms in total. The Morgan fingerprint density at radius 1 is 1.04 bits per heavy atom. The summed E-state index contributed by atoms with van der Waals surface area (Å²) >= 11 is 0. The lowest BCUT2D eigenvalue weighted by Gasteiger charge is -2.24. The van der Waals surface area contributed by atoms with Gasteiger partial charge in [0.05, 0.1) is 5.69 Å². The highest BCUT2D eigenvalue weighted by Crippen LogP contribution is 2.32. The van der Waals surface area contributed by atoms with Gasteiger partial charge in [-0.2, -0.15) is 4.31 Å². The summed E-state index contributed by atoms with van der Waals surface area (Å²) in [5, 5.41) is 2.84. The van der Waals surface area contributed by atoms with E-state index in [1.165, 1.54) is 0 Å². The molecule has 1 N–H and O–H groups in total. The molecule has 7 heteroatoms. The molecular formula is C18H27N3O3S. The molecule has 2 fully saturated rings. The largest absolute Gasteiger partial charge is 0.370 e. The molecule has 2 aliphatic rings. The maximum atomic E-state index is 13.2. The van der Waals surface area contributed by atoms with Crippen LogP contribution in [-0.4, -0.2) is 50.9 Å². The summed E-state index contributed by atoms with van der Waals surface area (Å²) in [6.07, 6.45) is 3.93. The summed E-state index contributed by atoms with van der Waals surface area (Å²) in [5.41, 5.74) is 1.12. The van der Waals surface area contributed by atoms with E-state index >= 15 is 0 Å². The van der Waals surface area contributed by atoms with Crippen LogP contribution >= 0.6 is 0 Å². The van der Waals surface area contributed by atoms with Crippen molar-refractivity contribution < 1.29 is 13.2 Å². The molecule has 1 amide bonds. The molecule has 25 heavy (non-hydrogen) atoms. The zero-order valence-corrected chi connectivity index (χ0v) is 15.8. The lowest BCUT2D eigenvalue weighted by molar-refractivity contribution is 0.0943. The molecule has 2 saturated heterocycles. The number of amides is 1. The maximum Gasteiger partial charge on any atom is 0.251 e. The van der Waals surface area contributed by atoms with E-state index in [1.807, 2.05) is 13.8 Å². The topological polar surface area (TPSA) is 69.7 Å². The van der Waals surface area contributed by atoms with E-state index in [0.717, 1.165) is 44.5 Å². The molecular weight excluding hydrogens is 338 g/mol. The van der Waals surface area contributed by atoms with Crippen LogP contribution in [0.1, 0.15) is 49.9 Å². The summed E-state index contributed by atoms with van der Waals surface area (Å²) in [6.45, 7) is 6.62. The first kappa shape index (κ1) is 18.2. The molecule has 0 unspecified atom stereocenters. The van der Waals surface area contributed by atoms with Crippen molar-refractivity contribution in [3.63, 3.8) is 0 Å². The van der Waals surface area contributed by atoms with Gasteiger partial charge in [-0.1, -0.05) is 0 Å².